The van der Waals surface area contributed by atoms with Crippen LogP contribution >= 0.6 is 0 Å². The molecule has 3 fully saturated rings. The number of nitrogens with zero attached hydrogens (tertiary/aromatic N) is 1. The summed E-state index contributed by atoms with van der Waals surface area (Å²) < 4.78 is 27.7. The first-order valence-electron chi connectivity index (χ1n) is 10.4. The van der Waals surface area contributed by atoms with Crippen molar-refractivity contribution in [3.63, 3.8) is 0 Å². The number of rotatable bonds is 4. The van der Waals surface area contributed by atoms with Crippen LogP contribution in [0, 0.1) is 13.8 Å². The average Bonchev–Trinajstić information content (AvgIpc) is 2.74. The Morgan fingerprint density at radius 1 is 0.800 bits per heavy atom. The summed E-state index contributed by atoms with van der Waals surface area (Å²) in [5, 5.41) is 3.54. The molecule has 1 unspecified atom stereocenters. The molecule has 3 aliphatic rings. The summed E-state index contributed by atoms with van der Waals surface area (Å²) in [7, 11) is -3.44. The minimum Gasteiger partial charge on any atom is -0.307 e. The summed E-state index contributed by atoms with van der Waals surface area (Å²) in [5.74, 6) is 0.362. The van der Waals surface area contributed by atoms with E-state index in [0.29, 0.717) is 23.9 Å². The van der Waals surface area contributed by atoms with Gasteiger partial charge in [0.05, 0.1) is 4.90 Å². The van der Waals surface area contributed by atoms with Gasteiger partial charge < -0.3 is 5.32 Å². The summed E-state index contributed by atoms with van der Waals surface area (Å²) in [5.41, 5.74) is 6.04. The maximum absolute atomic E-state index is 13.0. The summed E-state index contributed by atoms with van der Waals surface area (Å²) >= 11 is 0. The lowest BCUT2D eigenvalue weighted by Gasteiger charge is -2.54. The number of benzene rings is 3. The number of piperidine rings is 1. The van der Waals surface area contributed by atoms with Gasteiger partial charge in [-0.15, -0.1) is 0 Å². The Kier molecular flexibility index (Phi) is 4.77. The number of sulfonamides is 1. The second-order valence-electron chi connectivity index (χ2n) is 8.53. The van der Waals surface area contributed by atoms with Gasteiger partial charge in [0.25, 0.3) is 0 Å². The highest BCUT2D eigenvalue weighted by molar-refractivity contribution is 7.89. The van der Waals surface area contributed by atoms with Crippen molar-refractivity contribution < 1.29 is 8.42 Å². The van der Waals surface area contributed by atoms with E-state index in [1.165, 1.54) is 22.3 Å². The van der Waals surface area contributed by atoms with Gasteiger partial charge in [0.15, 0.2) is 0 Å². The fourth-order valence-corrected chi connectivity index (χ4v) is 6.22. The molecule has 3 saturated heterocycles. The highest BCUT2D eigenvalue weighted by atomic mass is 32.2. The van der Waals surface area contributed by atoms with E-state index in [-0.39, 0.29) is 12.1 Å². The van der Waals surface area contributed by atoms with E-state index >= 15 is 0 Å². The van der Waals surface area contributed by atoms with Crippen LogP contribution in [0.5, 0.6) is 0 Å². The van der Waals surface area contributed by atoms with E-state index in [2.05, 4.69) is 60.8 Å². The summed E-state index contributed by atoms with van der Waals surface area (Å²) in [4.78, 5) is 0.383. The monoisotopic (exact) mass is 418 g/mol. The number of hydrogen-bond acceptors (Lipinski definition) is 3. The molecule has 0 aliphatic carbocycles. The first-order valence-corrected chi connectivity index (χ1v) is 11.9. The molecule has 2 bridgehead atoms. The molecule has 3 aliphatic heterocycles. The summed E-state index contributed by atoms with van der Waals surface area (Å²) in [6, 6.07) is 24.7. The van der Waals surface area contributed by atoms with E-state index in [9.17, 15) is 8.42 Å². The molecule has 3 heterocycles. The zero-order valence-electron chi connectivity index (χ0n) is 17.2. The molecule has 0 saturated carbocycles. The van der Waals surface area contributed by atoms with Crippen LogP contribution < -0.4 is 5.32 Å². The Balaban J connectivity index is 1.32. The normalized spacial score (nSPS) is 23.7. The molecule has 0 spiro atoms. The van der Waals surface area contributed by atoms with E-state index in [1.54, 1.807) is 16.4 Å². The van der Waals surface area contributed by atoms with Crippen LogP contribution in [0.4, 0.5) is 0 Å². The number of aryl methyl sites for hydroxylation is 2. The highest BCUT2D eigenvalue weighted by Crippen LogP contribution is 2.39. The van der Waals surface area contributed by atoms with Crippen molar-refractivity contribution >= 4 is 10.0 Å². The Morgan fingerprint density at radius 3 is 2.10 bits per heavy atom. The minimum atomic E-state index is -3.44. The Hall–Kier alpha value is -2.47. The third-order valence-corrected chi connectivity index (χ3v) is 8.25. The molecular weight excluding hydrogens is 392 g/mol. The van der Waals surface area contributed by atoms with Crippen LogP contribution in [0.2, 0.25) is 0 Å². The van der Waals surface area contributed by atoms with Crippen molar-refractivity contribution in [2.75, 3.05) is 13.1 Å². The third kappa shape index (κ3) is 3.37. The molecule has 154 valence electrons. The van der Waals surface area contributed by atoms with Gasteiger partial charge in [-0.2, -0.15) is 4.31 Å². The molecule has 6 rings (SSSR count). The Morgan fingerprint density at radius 2 is 1.47 bits per heavy atom. The number of nitrogens with one attached hydrogen (secondary N) is 1. The number of fused-ring (bicyclic) bond motifs is 2. The van der Waals surface area contributed by atoms with E-state index in [1.807, 2.05) is 19.1 Å². The van der Waals surface area contributed by atoms with Crippen molar-refractivity contribution in [2.45, 2.75) is 36.7 Å². The predicted molar refractivity (Wildman–Crippen MR) is 120 cm³/mol. The molecule has 3 atom stereocenters. The highest BCUT2D eigenvalue weighted by Gasteiger charge is 2.49. The van der Waals surface area contributed by atoms with Gasteiger partial charge in [-0.3, -0.25) is 0 Å². The van der Waals surface area contributed by atoms with Crippen LogP contribution in [0.3, 0.4) is 0 Å². The lowest BCUT2D eigenvalue weighted by molar-refractivity contribution is 0.102. The quantitative estimate of drug-likeness (QED) is 0.694. The van der Waals surface area contributed by atoms with Crippen molar-refractivity contribution in [1.82, 2.24) is 9.62 Å². The van der Waals surface area contributed by atoms with Gasteiger partial charge in [0.1, 0.15) is 0 Å². The van der Waals surface area contributed by atoms with E-state index in [4.69, 9.17) is 0 Å². The fraction of sp³-hybridized carbons (Fsp3) is 0.280. The van der Waals surface area contributed by atoms with Gasteiger partial charge in [-0.05, 0) is 42.7 Å². The smallest absolute Gasteiger partial charge is 0.243 e. The fourth-order valence-electron chi connectivity index (χ4n) is 4.73. The SMILES string of the molecule is Cc1ccc(S(=O)(=O)N2C[C@@H]3N[C@H](C2)C3c2ccc(-c3cccc(C)c3)cc2)cc1. The van der Waals surface area contributed by atoms with Crippen LogP contribution in [-0.2, 0) is 10.0 Å². The molecular formula is C25H26N2O2S. The van der Waals surface area contributed by atoms with Crippen molar-refractivity contribution in [3.8, 4) is 11.1 Å². The van der Waals surface area contributed by atoms with Crippen molar-refractivity contribution in [1.29, 1.82) is 0 Å². The largest absolute Gasteiger partial charge is 0.307 e. The van der Waals surface area contributed by atoms with Gasteiger partial charge in [0, 0.05) is 31.1 Å². The second-order valence-corrected chi connectivity index (χ2v) is 10.5. The Bertz CT molecular complexity index is 1160. The number of piperazine rings is 1. The van der Waals surface area contributed by atoms with Gasteiger partial charge in [0.2, 0.25) is 10.0 Å². The zero-order chi connectivity index (χ0) is 20.9. The molecule has 1 N–H and O–H groups in total. The van der Waals surface area contributed by atoms with E-state index < -0.39 is 10.0 Å². The predicted octanol–water partition coefficient (Wildman–Crippen LogP) is 4.10. The molecule has 3 aromatic carbocycles. The van der Waals surface area contributed by atoms with Crippen molar-refractivity contribution in [2.24, 2.45) is 0 Å². The Labute approximate surface area is 178 Å². The van der Waals surface area contributed by atoms with Crippen LogP contribution in [0.25, 0.3) is 11.1 Å². The van der Waals surface area contributed by atoms with Crippen LogP contribution in [0.1, 0.15) is 22.6 Å². The molecule has 0 amide bonds. The average molecular weight is 419 g/mol. The molecule has 3 aromatic rings. The molecule has 0 aromatic heterocycles. The molecule has 4 nitrogen and oxygen atoms in total. The van der Waals surface area contributed by atoms with Gasteiger partial charge >= 0.3 is 0 Å². The molecule has 0 radical (unpaired) electrons. The maximum atomic E-state index is 13.0. The molecule has 30 heavy (non-hydrogen) atoms. The lowest BCUT2D eigenvalue weighted by Crippen LogP contribution is -2.72. The first-order chi connectivity index (χ1) is 14.4. The molecule has 5 heteroatoms. The van der Waals surface area contributed by atoms with Gasteiger partial charge in [-0.1, -0.05) is 71.8 Å². The van der Waals surface area contributed by atoms with Crippen molar-refractivity contribution in [3.05, 3.63) is 89.5 Å². The second kappa shape index (κ2) is 7.34. The lowest BCUT2D eigenvalue weighted by atomic mass is 9.75. The zero-order valence-corrected chi connectivity index (χ0v) is 18.1. The summed E-state index contributed by atoms with van der Waals surface area (Å²) in [6.07, 6.45) is 0. The van der Waals surface area contributed by atoms with Crippen LogP contribution in [0.15, 0.2) is 77.7 Å². The van der Waals surface area contributed by atoms with Gasteiger partial charge in [-0.25, -0.2) is 8.42 Å². The first kappa shape index (κ1) is 19.5. The minimum absolute atomic E-state index is 0.161. The van der Waals surface area contributed by atoms with E-state index in [0.717, 1.165) is 5.56 Å². The topological polar surface area (TPSA) is 49.4 Å². The standard InChI is InChI=1S/C25H26N2O2S/c1-17-6-12-22(13-7-17)30(28,29)27-15-23-25(24(16-27)26-23)20-10-8-19(9-11-20)21-5-3-4-18(2)14-21/h3-14,23-26H,15-16H2,1-2H3/t23-,24+,25?. The van der Waals surface area contributed by atoms with Crippen LogP contribution in [-0.4, -0.2) is 37.9 Å². The summed E-state index contributed by atoms with van der Waals surface area (Å²) in [6.45, 7) is 5.09. The maximum Gasteiger partial charge on any atom is 0.243 e. The number of hydrogen-bond donors (Lipinski definition) is 1. The third-order valence-electron chi connectivity index (χ3n) is 6.40.